The number of rotatable bonds is 1. The normalized spacial score (nSPS) is 16.7. The van der Waals surface area contributed by atoms with E-state index in [0.717, 1.165) is 15.8 Å². The molecule has 0 unspecified atom stereocenters. The van der Waals surface area contributed by atoms with Crippen molar-refractivity contribution in [3.05, 3.63) is 17.0 Å². The van der Waals surface area contributed by atoms with E-state index in [9.17, 15) is 0 Å². The standard InChI is InChI=1S/C8H7BrN4/c9-7-4-10-8-6(12-7)3-11-13(8)5-1-2-5/h3-5H,1-2H2. The maximum absolute atomic E-state index is 4.29. The fraction of sp³-hybridized carbons (Fsp3) is 0.375. The third-order valence-electron chi connectivity index (χ3n) is 2.16. The Morgan fingerprint density at radius 2 is 2.23 bits per heavy atom. The number of hydrogen-bond acceptors (Lipinski definition) is 3. The second-order valence-electron chi connectivity index (χ2n) is 3.22. The van der Waals surface area contributed by atoms with Gasteiger partial charge in [0.2, 0.25) is 0 Å². The Bertz CT molecular complexity index is 460. The molecule has 66 valence electrons. The molecule has 0 spiro atoms. The number of fused-ring (bicyclic) bond motifs is 1. The van der Waals surface area contributed by atoms with Gasteiger partial charge in [0.1, 0.15) is 10.1 Å². The predicted octanol–water partition coefficient (Wildman–Crippen LogP) is 1.92. The van der Waals surface area contributed by atoms with E-state index >= 15 is 0 Å². The van der Waals surface area contributed by atoms with Crippen LogP contribution in [0.2, 0.25) is 0 Å². The quantitative estimate of drug-likeness (QED) is 0.763. The van der Waals surface area contributed by atoms with Gasteiger partial charge in [-0.1, -0.05) is 0 Å². The Kier molecular flexibility index (Phi) is 1.44. The first-order valence-corrected chi connectivity index (χ1v) is 4.99. The molecule has 2 aromatic rings. The molecule has 4 nitrogen and oxygen atoms in total. The van der Waals surface area contributed by atoms with Crippen LogP contribution in [0.15, 0.2) is 17.0 Å². The Morgan fingerprint density at radius 1 is 1.38 bits per heavy atom. The zero-order chi connectivity index (χ0) is 8.84. The van der Waals surface area contributed by atoms with Crippen LogP contribution in [-0.4, -0.2) is 19.7 Å². The lowest BCUT2D eigenvalue weighted by atomic mass is 10.5. The molecule has 5 heteroatoms. The van der Waals surface area contributed by atoms with Crippen LogP contribution < -0.4 is 0 Å². The third-order valence-corrected chi connectivity index (χ3v) is 2.55. The minimum Gasteiger partial charge on any atom is -0.243 e. The van der Waals surface area contributed by atoms with E-state index in [4.69, 9.17) is 0 Å². The highest BCUT2D eigenvalue weighted by atomic mass is 79.9. The summed E-state index contributed by atoms with van der Waals surface area (Å²) in [5, 5.41) is 4.27. The summed E-state index contributed by atoms with van der Waals surface area (Å²) in [6.07, 6.45) is 5.91. The summed E-state index contributed by atoms with van der Waals surface area (Å²) in [7, 11) is 0. The van der Waals surface area contributed by atoms with E-state index in [2.05, 4.69) is 31.0 Å². The predicted molar refractivity (Wildman–Crippen MR) is 51.3 cm³/mol. The number of nitrogens with zero attached hydrogens (tertiary/aromatic N) is 4. The van der Waals surface area contributed by atoms with Crippen molar-refractivity contribution in [3.63, 3.8) is 0 Å². The molecule has 0 saturated heterocycles. The summed E-state index contributed by atoms with van der Waals surface area (Å²) in [6, 6.07) is 0.563. The highest BCUT2D eigenvalue weighted by molar-refractivity contribution is 9.10. The van der Waals surface area contributed by atoms with Gasteiger partial charge in [-0.05, 0) is 28.8 Å². The Hall–Kier alpha value is -0.970. The molecule has 1 saturated carbocycles. The molecule has 0 bridgehead atoms. The fourth-order valence-corrected chi connectivity index (χ4v) is 1.69. The molecule has 0 amide bonds. The lowest BCUT2D eigenvalue weighted by molar-refractivity contribution is 0.658. The Labute approximate surface area is 83.1 Å². The van der Waals surface area contributed by atoms with Crippen LogP contribution in [0.3, 0.4) is 0 Å². The number of aromatic nitrogens is 4. The monoisotopic (exact) mass is 238 g/mol. The minimum atomic E-state index is 0.563. The van der Waals surface area contributed by atoms with Gasteiger partial charge in [0.15, 0.2) is 5.65 Å². The summed E-state index contributed by atoms with van der Waals surface area (Å²) in [6.45, 7) is 0. The molecule has 1 fully saturated rings. The van der Waals surface area contributed by atoms with Gasteiger partial charge < -0.3 is 0 Å². The van der Waals surface area contributed by atoms with Crippen LogP contribution in [-0.2, 0) is 0 Å². The molecule has 2 aromatic heterocycles. The van der Waals surface area contributed by atoms with Gasteiger partial charge in [-0.2, -0.15) is 5.10 Å². The second-order valence-corrected chi connectivity index (χ2v) is 4.03. The van der Waals surface area contributed by atoms with Gasteiger partial charge in [0, 0.05) is 0 Å². The average molecular weight is 239 g/mol. The molecular formula is C8H7BrN4. The summed E-state index contributed by atoms with van der Waals surface area (Å²) in [5.74, 6) is 0. The van der Waals surface area contributed by atoms with Crippen LogP contribution in [0.1, 0.15) is 18.9 Å². The van der Waals surface area contributed by atoms with E-state index in [1.807, 2.05) is 4.68 Å². The molecule has 1 aliphatic carbocycles. The second kappa shape index (κ2) is 2.51. The topological polar surface area (TPSA) is 43.6 Å². The molecule has 2 heterocycles. The molecule has 0 aromatic carbocycles. The fourth-order valence-electron chi connectivity index (χ4n) is 1.40. The van der Waals surface area contributed by atoms with Crippen molar-refractivity contribution in [2.75, 3.05) is 0 Å². The summed E-state index contributed by atoms with van der Waals surface area (Å²) in [4.78, 5) is 8.57. The number of hydrogen-bond donors (Lipinski definition) is 0. The first-order valence-electron chi connectivity index (χ1n) is 4.20. The van der Waals surface area contributed by atoms with E-state index < -0.39 is 0 Å². The highest BCUT2D eigenvalue weighted by Gasteiger charge is 2.26. The molecule has 1 aliphatic rings. The van der Waals surface area contributed by atoms with Crippen LogP contribution in [0.5, 0.6) is 0 Å². The van der Waals surface area contributed by atoms with E-state index in [0.29, 0.717) is 6.04 Å². The molecule has 3 rings (SSSR count). The summed E-state index contributed by atoms with van der Waals surface area (Å²) >= 11 is 3.28. The van der Waals surface area contributed by atoms with Crippen molar-refractivity contribution in [1.29, 1.82) is 0 Å². The summed E-state index contributed by atoms with van der Waals surface area (Å²) < 4.78 is 2.73. The summed E-state index contributed by atoms with van der Waals surface area (Å²) in [5.41, 5.74) is 1.76. The van der Waals surface area contributed by atoms with Gasteiger partial charge in [-0.3, -0.25) is 0 Å². The van der Waals surface area contributed by atoms with Crippen molar-refractivity contribution in [3.8, 4) is 0 Å². The minimum absolute atomic E-state index is 0.563. The van der Waals surface area contributed by atoms with Gasteiger partial charge in [0.25, 0.3) is 0 Å². The van der Waals surface area contributed by atoms with Gasteiger partial charge in [-0.25, -0.2) is 14.6 Å². The molecule has 0 atom stereocenters. The Balaban J connectivity index is 2.26. The largest absolute Gasteiger partial charge is 0.243 e. The van der Waals surface area contributed by atoms with Crippen LogP contribution >= 0.6 is 15.9 Å². The first-order chi connectivity index (χ1) is 6.34. The third kappa shape index (κ3) is 1.14. The van der Waals surface area contributed by atoms with Gasteiger partial charge in [-0.15, -0.1) is 0 Å². The van der Waals surface area contributed by atoms with Crippen LogP contribution in [0.4, 0.5) is 0 Å². The van der Waals surface area contributed by atoms with Gasteiger partial charge in [0.05, 0.1) is 18.4 Å². The Morgan fingerprint density at radius 3 is 3.00 bits per heavy atom. The number of halogens is 1. The van der Waals surface area contributed by atoms with E-state index in [1.54, 1.807) is 12.4 Å². The zero-order valence-electron chi connectivity index (χ0n) is 6.81. The molecule has 0 aliphatic heterocycles. The molecule has 13 heavy (non-hydrogen) atoms. The van der Waals surface area contributed by atoms with Gasteiger partial charge >= 0.3 is 0 Å². The van der Waals surface area contributed by atoms with Crippen molar-refractivity contribution < 1.29 is 0 Å². The zero-order valence-corrected chi connectivity index (χ0v) is 8.40. The smallest absolute Gasteiger partial charge is 0.177 e. The highest BCUT2D eigenvalue weighted by Crippen LogP contribution is 2.35. The lowest BCUT2D eigenvalue weighted by Crippen LogP contribution is -1.97. The van der Waals surface area contributed by atoms with Crippen molar-refractivity contribution in [2.45, 2.75) is 18.9 Å². The van der Waals surface area contributed by atoms with Crippen molar-refractivity contribution in [1.82, 2.24) is 19.7 Å². The van der Waals surface area contributed by atoms with E-state index in [1.165, 1.54) is 12.8 Å². The molecule has 0 radical (unpaired) electrons. The lowest BCUT2D eigenvalue weighted by Gasteiger charge is -1.97. The van der Waals surface area contributed by atoms with Crippen molar-refractivity contribution in [2.24, 2.45) is 0 Å². The van der Waals surface area contributed by atoms with E-state index in [-0.39, 0.29) is 0 Å². The van der Waals surface area contributed by atoms with Crippen LogP contribution in [0, 0.1) is 0 Å². The SMILES string of the molecule is Brc1cnc2c(cnn2C2CC2)n1. The molecule has 0 N–H and O–H groups in total. The maximum atomic E-state index is 4.29. The first kappa shape index (κ1) is 7.44. The average Bonchev–Trinajstić information content (AvgIpc) is 2.87. The van der Waals surface area contributed by atoms with Crippen molar-refractivity contribution >= 4 is 27.1 Å². The molecular weight excluding hydrogens is 232 g/mol. The maximum Gasteiger partial charge on any atom is 0.177 e. The van der Waals surface area contributed by atoms with Crippen LogP contribution in [0.25, 0.3) is 11.2 Å².